The zero-order chi connectivity index (χ0) is 12.5. The second kappa shape index (κ2) is 4.75. The number of aliphatic hydroxyl groups excluding tert-OH is 1. The first kappa shape index (κ1) is 11.8. The largest absolute Gasteiger partial charge is 0.391 e. The second-order valence-corrected chi connectivity index (χ2v) is 5.21. The highest BCUT2D eigenvalue weighted by atomic mass is 35.5. The van der Waals surface area contributed by atoms with Crippen molar-refractivity contribution < 1.29 is 5.11 Å². The zero-order valence-electron chi connectivity index (χ0n) is 10.0. The molecule has 1 N–H and O–H groups in total. The van der Waals surface area contributed by atoms with Crippen molar-refractivity contribution in [3.05, 3.63) is 52.6 Å². The minimum Gasteiger partial charge on any atom is -0.391 e. The molecule has 0 amide bonds. The first-order valence-corrected chi connectivity index (χ1v) is 6.56. The normalized spacial score (nSPS) is 18.7. The fourth-order valence-corrected chi connectivity index (χ4v) is 2.54. The van der Waals surface area contributed by atoms with Crippen LogP contribution in [0.4, 0.5) is 0 Å². The van der Waals surface area contributed by atoms with Gasteiger partial charge >= 0.3 is 0 Å². The number of aliphatic hydroxyl groups is 1. The Morgan fingerprint density at radius 3 is 2.89 bits per heavy atom. The van der Waals surface area contributed by atoms with E-state index in [-0.39, 0.29) is 6.10 Å². The van der Waals surface area contributed by atoms with Crippen LogP contribution in [0.5, 0.6) is 0 Å². The molecule has 1 atom stereocenters. The van der Waals surface area contributed by atoms with E-state index in [4.69, 9.17) is 11.6 Å². The highest BCUT2D eigenvalue weighted by molar-refractivity contribution is 6.30. The molecule has 0 fully saturated rings. The van der Waals surface area contributed by atoms with Crippen LogP contribution in [0.2, 0.25) is 5.02 Å². The van der Waals surface area contributed by atoms with E-state index in [1.54, 1.807) is 0 Å². The highest BCUT2D eigenvalue weighted by Crippen LogP contribution is 2.19. The third-order valence-electron chi connectivity index (χ3n) is 3.42. The lowest BCUT2D eigenvalue weighted by Crippen LogP contribution is -2.25. The van der Waals surface area contributed by atoms with Gasteiger partial charge in [0.25, 0.3) is 0 Å². The molecule has 3 rings (SSSR count). The molecule has 0 saturated heterocycles. The number of halogens is 1. The van der Waals surface area contributed by atoms with Gasteiger partial charge in [-0.15, -0.1) is 0 Å². The lowest BCUT2D eigenvalue weighted by Gasteiger charge is -2.21. The Morgan fingerprint density at radius 2 is 2.11 bits per heavy atom. The van der Waals surface area contributed by atoms with Crippen LogP contribution in [0.3, 0.4) is 0 Å². The number of hydrogen-bond donors (Lipinski definition) is 1. The van der Waals surface area contributed by atoms with Gasteiger partial charge in [-0.3, -0.25) is 0 Å². The summed E-state index contributed by atoms with van der Waals surface area (Å²) in [6, 6.07) is 7.82. The SMILES string of the molecule is OC1CCc2cnc(Cc3ccc(Cl)cc3)n2C1. The molecule has 0 radical (unpaired) electrons. The maximum atomic E-state index is 9.74. The lowest BCUT2D eigenvalue weighted by molar-refractivity contribution is 0.130. The number of aromatic nitrogens is 2. The Hall–Kier alpha value is -1.32. The van der Waals surface area contributed by atoms with Gasteiger partial charge in [-0.2, -0.15) is 0 Å². The fourth-order valence-electron chi connectivity index (χ4n) is 2.42. The average Bonchev–Trinajstić information content (AvgIpc) is 2.75. The third kappa shape index (κ3) is 2.28. The average molecular weight is 263 g/mol. The molecule has 1 aliphatic rings. The number of aryl methyl sites for hydroxylation is 1. The smallest absolute Gasteiger partial charge is 0.113 e. The Bertz CT molecular complexity index is 547. The van der Waals surface area contributed by atoms with Crippen LogP contribution < -0.4 is 0 Å². The van der Waals surface area contributed by atoms with E-state index >= 15 is 0 Å². The van der Waals surface area contributed by atoms with E-state index in [0.717, 1.165) is 30.1 Å². The first-order chi connectivity index (χ1) is 8.72. The van der Waals surface area contributed by atoms with E-state index in [9.17, 15) is 5.11 Å². The molecule has 0 spiro atoms. The van der Waals surface area contributed by atoms with Crippen LogP contribution in [-0.4, -0.2) is 20.8 Å². The molecule has 3 nitrogen and oxygen atoms in total. The Labute approximate surface area is 111 Å². The van der Waals surface area contributed by atoms with E-state index in [1.807, 2.05) is 30.5 Å². The van der Waals surface area contributed by atoms with Crippen molar-refractivity contribution >= 4 is 11.6 Å². The number of fused-ring (bicyclic) bond motifs is 1. The van der Waals surface area contributed by atoms with Gasteiger partial charge in [-0.05, 0) is 30.5 Å². The Morgan fingerprint density at radius 1 is 1.33 bits per heavy atom. The summed E-state index contributed by atoms with van der Waals surface area (Å²) in [6.45, 7) is 0.665. The zero-order valence-corrected chi connectivity index (χ0v) is 10.8. The summed E-state index contributed by atoms with van der Waals surface area (Å²) in [5, 5.41) is 10.5. The molecule has 2 aromatic rings. The number of rotatable bonds is 2. The molecule has 1 unspecified atom stereocenters. The number of imidazole rings is 1. The summed E-state index contributed by atoms with van der Waals surface area (Å²) >= 11 is 5.87. The summed E-state index contributed by atoms with van der Waals surface area (Å²) in [4.78, 5) is 4.47. The molecule has 1 aromatic heterocycles. The lowest BCUT2D eigenvalue weighted by atomic mass is 10.1. The number of nitrogens with zero attached hydrogens (tertiary/aromatic N) is 2. The standard InChI is InChI=1S/C14H15ClN2O/c15-11-3-1-10(2-4-11)7-14-16-8-12-5-6-13(18)9-17(12)14/h1-4,8,13,18H,5-7,9H2. The van der Waals surface area contributed by atoms with Crippen molar-refractivity contribution in [1.29, 1.82) is 0 Å². The predicted molar refractivity (Wildman–Crippen MR) is 70.8 cm³/mol. The summed E-state index contributed by atoms with van der Waals surface area (Å²) in [7, 11) is 0. The van der Waals surface area contributed by atoms with E-state index < -0.39 is 0 Å². The topological polar surface area (TPSA) is 38.1 Å². The van der Waals surface area contributed by atoms with Crippen LogP contribution in [0.15, 0.2) is 30.5 Å². The molecule has 1 aliphatic heterocycles. The summed E-state index contributed by atoms with van der Waals surface area (Å²) < 4.78 is 2.14. The molecule has 2 heterocycles. The van der Waals surface area contributed by atoms with Crippen LogP contribution in [-0.2, 0) is 19.4 Å². The van der Waals surface area contributed by atoms with Gasteiger partial charge in [0.1, 0.15) is 5.82 Å². The van der Waals surface area contributed by atoms with Crippen molar-refractivity contribution in [2.24, 2.45) is 0 Å². The van der Waals surface area contributed by atoms with E-state index in [0.29, 0.717) is 6.54 Å². The van der Waals surface area contributed by atoms with Gasteiger partial charge in [0.15, 0.2) is 0 Å². The van der Waals surface area contributed by atoms with E-state index in [2.05, 4.69) is 9.55 Å². The van der Waals surface area contributed by atoms with Crippen molar-refractivity contribution in [2.75, 3.05) is 0 Å². The molecule has 0 aliphatic carbocycles. The molecular formula is C14H15ClN2O. The van der Waals surface area contributed by atoms with Gasteiger partial charge in [0.2, 0.25) is 0 Å². The summed E-state index contributed by atoms with van der Waals surface area (Å²) in [5.41, 5.74) is 2.41. The maximum Gasteiger partial charge on any atom is 0.113 e. The van der Waals surface area contributed by atoms with Crippen LogP contribution in [0.1, 0.15) is 23.5 Å². The summed E-state index contributed by atoms with van der Waals surface area (Å²) in [6.07, 6.45) is 4.22. The van der Waals surface area contributed by atoms with Crippen molar-refractivity contribution in [2.45, 2.75) is 31.9 Å². The quantitative estimate of drug-likeness (QED) is 0.903. The molecule has 4 heteroatoms. The van der Waals surface area contributed by atoms with Crippen molar-refractivity contribution in [1.82, 2.24) is 9.55 Å². The van der Waals surface area contributed by atoms with Gasteiger partial charge < -0.3 is 9.67 Å². The van der Waals surface area contributed by atoms with Crippen molar-refractivity contribution in [3.8, 4) is 0 Å². The first-order valence-electron chi connectivity index (χ1n) is 6.18. The number of benzene rings is 1. The minimum atomic E-state index is -0.240. The Balaban J connectivity index is 1.85. The molecule has 0 bridgehead atoms. The number of hydrogen-bond acceptors (Lipinski definition) is 2. The van der Waals surface area contributed by atoms with Gasteiger partial charge in [-0.25, -0.2) is 4.98 Å². The minimum absolute atomic E-state index is 0.240. The molecule has 18 heavy (non-hydrogen) atoms. The fraction of sp³-hybridized carbons (Fsp3) is 0.357. The van der Waals surface area contributed by atoms with Gasteiger partial charge in [0, 0.05) is 23.3 Å². The second-order valence-electron chi connectivity index (χ2n) is 4.77. The van der Waals surface area contributed by atoms with Crippen molar-refractivity contribution in [3.63, 3.8) is 0 Å². The monoisotopic (exact) mass is 262 g/mol. The van der Waals surface area contributed by atoms with Crippen LogP contribution in [0.25, 0.3) is 0 Å². The van der Waals surface area contributed by atoms with Crippen LogP contribution in [0, 0.1) is 0 Å². The van der Waals surface area contributed by atoms with Gasteiger partial charge in [0.05, 0.1) is 12.6 Å². The molecule has 1 aromatic carbocycles. The molecule has 0 saturated carbocycles. The summed E-state index contributed by atoms with van der Waals surface area (Å²) in [5.74, 6) is 1.02. The molecule has 94 valence electrons. The maximum absolute atomic E-state index is 9.74. The van der Waals surface area contributed by atoms with Crippen LogP contribution >= 0.6 is 11.6 Å². The van der Waals surface area contributed by atoms with E-state index in [1.165, 1.54) is 11.3 Å². The highest BCUT2D eigenvalue weighted by Gasteiger charge is 2.19. The van der Waals surface area contributed by atoms with Gasteiger partial charge in [-0.1, -0.05) is 23.7 Å². The Kier molecular flexibility index (Phi) is 3.10. The third-order valence-corrected chi connectivity index (χ3v) is 3.68. The predicted octanol–water partition coefficient (Wildman–Crippen LogP) is 2.43. The molecular weight excluding hydrogens is 248 g/mol.